The van der Waals surface area contributed by atoms with Crippen molar-refractivity contribution in [3.05, 3.63) is 83.6 Å². The average molecular weight is 469 g/mol. The Labute approximate surface area is 196 Å². The molecule has 0 spiro atoms. The Balaban J connectivity index is 1.75. The van der Waals surface area contributed by atoms with Gasteiger partial charge in [0.05, 0.1) is 10.9 Å². The molecule has 0 saturated heterocycles. The van der Waals surface area contributed by atoms with E-state index in [0.29, 0.717) is 12.5 Å². The highest BCUT2D eigenvalue weighted by Gasteiger charge is 2.24. The third-order valence-corrected chi connectivity index (χ3v) is 7.46. The Bertz CT molecular complexity index is 1150. The highest BCUT2D eigenvalue weighted by atomic mass is 32.2. The van der Waals surface area contributed by atoms with Gasteiger partial charge in [-0.2, -0.15) is 0 Å². The monoisotopic (exact) mass is 468 g/mol. The van der Waals surface area contributed by atoms with Crippen LogP contribution in [0.25, 0.3) is 0 Å². The van der Waals surface area contributed by atoms with Crippen LogP contribution in [0.1, 0.15) is 61.3 Å². The van der Waals surface area contributed by atoms with Crippen molar-refractivity contribution in [2.75, 3.05) is 19.6 Å². The van der Waals surface area contributed by atoms with E-state index in [1.54, 1.807) is 18.2 Å². The van der Waals surface area contributed by atoms with E-state index in [4.69, 9.17) is 4.42 Å². The number of benzene rings is 2. The Morgan fingerprint density at radius 3 is 2.09 bits per heavy atom. The maximum atomic E-state index is 12.8. The van der Waals surface area contributed by atoms with Crippen LogP contribution in [0.4, 0.5) is 0 Å². The Kier molecular flexibility index (Phi) is 8.10. The molecule has 0 radical (unpaired) electrons. The summed E-state index contributed by atoms with van der Waals surface area (Å²) in [6.45, 7) is 10.6. The highest BCUT2D eigenvalue weighted by Crippen LogP contribution is 2.25. The minimum absolute atomic E-state index is 0.00681. The third kappa shape index (κ3) is 5.72. The number of nitrogens with one attached hydrogen (secondary N) is 1. The molecular formula is C26H32N2O4S. The third-order valence-electron chi connectivity index (χ3n) is 5.82. The first kappa shape index (κ1) is 24.7. The molecule has 0 saturated carbocycles. The van der Waals surface area contributed by atoms with Gasteiger partial charge in [0.1, 0.15) is 0 Å². The first-order valence-corrected chi connectivity index (χ1v) is 12.8. The van der Waals surface area contributed by atoms with Crippen molar-refractivity contribution in [1.82, 2.24) is 10.2 Å². The summed E-state index contributed by atoms with van der Waals surface area (Å²) < 4.78 is 30.9. The highest BCUT2D eigenvalue weighted by molar-refractivity contribution is 7.91. The van der Waals surface area contributed by atoms with E-state index < -0.39 is 15.7 Å². The molecule has 0 aliphatic carbocycles. The molecule has 0 bridgehead atoms. The summed E-state index contributed by atoms with van der Waals surface area (Å²) in [6.07, 6.45) is 0. The molecule has 1 unspecified atom stereocenters. The molecule has 1 atom stereocenters. The van der Waals surface area contributed by atoms with Crippen molar-refractivity contribution in [1.29, 1.82) is 0 Å². The lowest BCUT2D eigenvalue weighted by Gasteiger charge is -2.30. The van der Waals surface area contributed by atoms with Crippen LogP contribution in [0.15, 0.2) is 81.1 Å². The number of furan rings is 1. The fourth-order valence-corrected chi connectivity index (χ4v) is 5.00. The normalized spacial score (nSPS) is 12.8. The molecule has 1 amide bonds. The van der Waals surface area contributed by atoms with Crippen molar-refractivity contribution in [3.8, 4) is 0 Å². The average Bonchev–Trinajstić information content (AvgIpc) is 3.34. The van der Waals surface area contributed by atoms with E-state index in [1.165, 1.54) is 29.8 Å². The minimum Gasteiger partial charge on any atom is -0.439 e. The molecule has 1 N–H and O–H groups in total. The van der Waals surface area contributed by atoms with Crippen LogP contribution in [-0.2, 0) is 9.84 Å². The topological polar surface area (TPSA) is 79.6 Å². The second-order valence-corrected chi connectivity index (χ2v) is 10.1. The quantitative estimate of drug-likeness (QED) is 0.450. The first-order chi connectivity index (χ1) is 15.8. The van der Waals surface area contributed by atoms with Gasteiger partial charge in [-0.1, -0.05) is 70.2 Å². The number of nitrogens with zero attached hydrogens (tertiary/aromatic N) is 1. The number of likely N-dealkylation sites (N-methyl/N-ethyl adjacent to an activating group) is 1. The maximum Gasteiger partial charge on any atom is 0.287 e. The van der Waals surface area contributed by atoms with Gasteiger partial charge in [0.25, 0.3) is 5.91 Å². The lowest BCUT2D eigenvalue weighted by molar-refractivity contribution is 0.0902. The van der Waals surface area contributed by atoms with E-state index >= 15 is 0 Å². The summed E-state index contributed by atoms with van der Waals surface area (Å²) >= 11 is 0. The number of amides is 1. The van der Waals surface area contributed by atoms with Gasteiger partial charge in [0.2, 0.25) is 14.9 Å². The molecule has 0 aliphatic heterocycles. The summed E-state index contributed by atoms with van der Waals surface area (Å²) in [6, 6.07) is 19.2. The van der Waals surface area contributed by atoms with Gasteiger partial charge < -0.3 is 9.73 Å². The van der Waals surface area contributed by atoms with E-state index in [0.717, 1.165) is 18.7 Å². The molecule has 3 aromatic rings. The molecule has 2 aromatic carbocycles. The van der Waals surface area contributed by atoms with Crippen molar-refractivity contribution < 1.29 is 17.6 Å². The zero-order valence-corrected chi connectivity index (χ0v) is 20.4. The largest absolute Gasteiger partial charge is 0.439 e. The summed E-state index contributed by atoms with van der Waals surface area (Å²) in [5.74, 6) is -0.0237. The first-order valence-electron chi connectivity index (χ1n) is 11.3. The van der Waals surface area contributed by atoms with Gasteiger partial charge in [-0.3, -0.25) is 9.69 Å². The molecule has 6 nitrogen and oxygen atoms in total. The maximum absolute atomic E-state index is 12.8. The summed E-state index contributed by atoms with van der Waals surface area (Å²) in [4.78, 5) is 15.2. The molecular weight excluding hydrogens is 436 g/mol. The number of hydrogen-bond acceptors (Lipinski definition) is 5. The van der Waals surface area contributed by atoms with E-state index in [-0.39, 0.29) is 21.8 Å². The number of hydrogen-bond donors (Lipinski definition) is 1. The van der Waals surface area contributed by atoms with Crippen LogP contribution in [0, 0.1) is 0 Å². The second-order valence-electron chi connectivity index (χ2n) is 8.20. The number of carbonyl (C=O) groups is 1. The molecule has 0 aliphatic rings. The smallest absolute Gasteiger partial charge is 0.287 e. The predicted molar refractivity (Wildman–Crippen MR) is 129 cm³/mol. The fraction of sp³-hybridized carbons (Fsp3) is 0.346. The summed E-state index contributed by atoms with van der Waals surface area (Å²) in [5, 5.41) is 2.67. The van der Waals surface area contributed by atoms with Crippen molar-refractivity contribution in [3.63, 3.8) is 0 Å². The van der Waals surface area contributed by atoms with Crippen LogP contribution in [0.3, 0.4) is 0 Å². The van der Waals surface area contributed by atoms with Crippen LogP contribution in [-0.4, -0.2) is 38.9 Å². The fourth-order valence-electron chi connectivity index (χ4n) is 3.80. The standard InChI is InChI=1S/C26H32N2O4S/c1-5-28(6-2)23(21-14-12-20(13-15-21)19(3)4)18-27-26(29)24-16-17-25(32-24)33(30,31)22-10-8-7-9-11-22/h7-17,19,23H,5-6,18H2,1-4H3,(H,27,29). The van der Waals surface area contributed by atoms with Crippen molar-refractivity contribution in [2.24, 2.45) is 0 Å². The molecule has 3 rings (SSSR count). The van der Waals surface area contributed by atoms with E-state index in [9.17, 15) is 13.2 Å². The molecule has 176 valence electrons. The lowest BCUT2D eigenvalue weighted by Crippen LogP contribution is -2.38. The summed E-state index contributed by atoms with van der Waals surface area (Å²) in [5.41, 5.74) is 2.39. The van der Waals surface area contributed by atoms with Crippen LogP contribution < -0.4 is 5.32 Å². The molecule has 7 heteroatoms. The second kappa shape index (κ2) is 10.8. The van der Waals surface area contributed by atoms with Gasteiger partial charge in [0.15, 0.2) is 5.76 Å². The SMILES string of the molecule is CCN(CC)C(CNC(=O)c1ccc(S(=O)(=O)c2ccccc2)o1)c1ccc(C(C)C)cc1. The van der Waals surface area contributed by atoms with E-state index in [2.05, 4.69) is 62.2 Å². The Hall–Kier alpha value is -2.90. The molecule has 0 fully saturated rings. The minimum atomic E-state index is -3.81. The molecule has 1 aromatic heterocycles. The van der Waals surface area contributed by atoms with Gasteiger partial charge in [-0.15, -0.1) is 0 Å². The van der Waals surface area contributed by atoms with Gasteiger partial charge in [0, 0.05) is 6.54 Å². The molecule has 33 heavy (non-hydrogen) atoms. The zero-order valence-electron chi connectivity index (χ0n) is 19.6. The summed E-state index contributed by atoms with van der Waals surface area (Å²) in [7, 11) is -3.81. The van der Waals surface area contributed by atoms with Gasteiger partial charge in [-0.25, -0.2) is 8.42 Å². The Morgan fingerprint density at radius 1 is 0.909 bits per heavy atom. The van der Waals surface area contributed by atoms with Crippen LogP contribution >= 0.6 is 0 Å². The van der Waals surface area contributed by atoms with Crippen molar-refractivity contribution in [2.45, 2.75) is 49.6 Å². The van der Waals surface area contributed by atoms with Crippen LogP contribution in [0.5, 0.6) is 0 Å². The van der Waals surface area contributed by atoms with Crippen molar-refractivity contribution >= 4 is 15.7 Å². The number of sulfone groups is 1. The van der Waals surface area contributed by atoms with E-state index in [1.807, 2.05) is 0 Å². The van der Waals surface area contributed by atoms with Crippen LogP contribution in [0.2, 0.25) is 0 Å². The zero-order chi connectivity index (χ0) is 24.0. The number of rotatable bonds is 10. The molecule has 1 heterocycles. The van der Waals surface area contributed by atoms with Gasteiger partial charge >= 0.3 is 0 Å². The lowest BCUT2D eigenvalue weighted by atomic mass is 9.98. The number of carbonyl (C=O) groups excluding carboxylic acids is 1. The predicted octanol–water partition coefficient (Wildman–Crippen LogP) is 5.05. The van der Waals surface area contributed by atoms with Gasteiger partial charge in [-0.05, 0) is 54.4 Å². The Morgan fingerprint density at radius 2 is 1.52 bits per heavy atom.